The van der Waals surface area contributed by atoms with E-state index in [2.05, 4.69) is 0 Å². The van der Waals surface area contributed by atoms with Crippen LogP contribution in [-0.2, 0) is 23.9 Å². The van der Waals surface area contributed by atoms with Crippen LogP contribution in [0.3, 0.4) is 0 Å². The molecule has 4 rings (SSSR count). The van der Waals surface area contributed by atoms with E-state index in [-0.39, 0.29) is 24.7 Å². The average Bonchev–Trinajstić information content (AvgIpc) is 2.89. The number of nitrogens with zero attached hydrogens (tertiary/aromatic N) is 2. The molecule has 2 heterocycles. The van der Waals surface area contributed by atoms with Crippen LogP contribution in [0.25, 0.3) is 0 Å². The van der Waals surface area contributed by atoms with E-state index in [1.54, 1.807) is 34.1 Å². The smallest absolute Gasteiger partial charge is 0.303 e. The van der Waals surface area contributed by atoms with Gasteiger partial charge in [-0.3, -0.25) is 14.4 Å². The van der Waals surface area contributed by atoms with Gasteiger partial charge in [0.2, 0.25) is 5.91 Å². The van der Waals surface area contributed by atoms with Gasteiger partial charge in [-0.25, -0.2) is 0 Å². The summed E-state index contributed by atoms with van der Waals surface area (Å²) in [5.74, 6) is -1.34. The lowest BCUT2D eigenvalue weighted by molar-refractivity contribution is -0.178. The summed E-state index contributed by atoms with van der Waals surface area (Å²) in [7, 11) is 0. The zero-order valence-electron chi connectivity index (χ0n) is 20.4. The van der Waals surface area contributed by atoms with Gasteiger partial charge in [-0.2, -0.15) is 0 Å². The van der Waals surface area contributed by atoms with E-state index in [9.17, 15) is 14.4 Å². The molecule has 2 saturated heterocycles. The van der Waals surface area contributed by atoms with E-state index >= 15 is 0 Å². The van der Waals surface area contributed by atoms with Crippen LogP contribution in [0.15, 0.2) is 48.5 Å². The monoisotopic (exact) mass is 548 g/mol. The lowest BCUT2D eigenvalue weighted by atomic mass is 9.90. The van der Waals surface area contributed by atoms with Gasteiger partial charge in [0.05, 0.1) is 25.7 Å². The quantitative estimate of drug-likeness (QED) is 0.463. The summed E-state index contributed by atoms with van der Waals surface area (Å²) >= 11 is 12.5. The molecule has 2 aromatic rings. The molecule has 2 aliphatic rings. The first-order valence-electron chi connectivity index (χ1n) is 12.4. The third-order valence-electron chi connectivity index (χ3n) is 6.64. The van der Waals surface area contributed by atoms with Crippen LogP contribution >= 0.6 is 23.2 Å². The van der Waals surface area contributed by atoms with Crippen molar-refractivity contribution in [2.75, 3.05) is 32.8 Å². The lowest BCUT2D eigenvalue weighted by Gasteiger charge is -2.45. The highest BCUT2D eigenvalue weighted by molar-refractivity contribution is 6.30. The zero-order valence-corrected chi connectivity index (χ0v) is 21.9. The van der Waals surface area contributed by atoms with Crippen molar-refractivity contribution in [2.24, 2.45) is 0 Å². The van der Waals surface area contributed by atoms with Gasteiger partial charge in [0.15, 0.2) is 0 Å². The Kier molecular flexibility index (Phi) is 9.43. The summed E-state index contributed by atoms with van der Waals surface area (Å²) in [4.78, 5) is 41.3. The first kappa shape index (κ1) is 27.4. The van der Waals surface area contributed by atoms with Crippen LogP contribution in [0.5, 0.6) is 0 Å². The number of carboxylic acid groups (broad SMARTS) is 1. The SMILES string of the molecule is O=C(O)CCCCN1C(=O)[C@H](CC(=O)N2CCOCC2)O[C@@H](c2cccc(Cl)c2)[C@H]1c1ccc(Cl)cc1. The number of rotatable bonds is 9. The molecule has 198 valence electrons. The molecule has 10 heteroatoms. The zero-order chi connectivity index (χ0) is 26.4. The fourth-order valence-corrected chi connectivity index (χ4v) is 5.12. The fraction of sp³-hybridized carbons (Fsp3) is 0.444. The van der Waals surface area contributed by atoms with Gasteiger partial charge in [0, 0.05) is 36.1 Å². The molecule has 2 amide bonds. The molecule has 0 bridgehead atoms. The number of amides is 2. The highest BCUT2D eigenvalue weighted by Gasteiger charge is 2.45. The summed E-state index contributed by atoms with van der Waals surface area (Å²) < 4.78 is 11.8. The molecule has 3 atom stereocenters. The van der Waals surface area contributed by atoms with Gasteiger partial charge in [-0.05, 0) is 48.2 Å². The molecule has 0 spiro atoms. The maximum atomic E-state index is 13.8. The number of unbranched alkanes of at least 4 members (excludes halogenated alkanes) is 1. The highest BCUT2D eigenvalue weighted by atomic mass is 35.5. The number of carbonyl (C=O) groups excluding carboxylic acids is 2. The number of hydrogen-bond donors (Lipinski definition) is 1. The summed E-state index contributed by atoms with van der Waals surface area (Å²) in [5.41, 5.74) is 1.60. The van der Waals surface area contributed by atoms with E-state index in [1.165, 1.54) is 0 Å². The van der Waals surface area contributed by atoms with E-state index < -0.39 is 24.2 Å². The number of carboxylic acids is 1. The molecule has 0 saturated carbocycles. The number of benzene rings is 2. The first-order chi connectivity index (χ1) is 17.8. The maximum absolute atomic E-state index is 13.8. The Morgan fingerprint density at radius 1 is 0.973 bits per heavy atom. The Morgan fingerprint density at radius 2 is 1.70 bits per heavy atom. The molecule has 8 nitrogen and oxygen atoms in total. The number of halogens is 2. The van der Waals surface area contributed by atoms with Crippen LogP contribution in [0.1, 0.15) is 49.0 Å². The van der Waals surface area contributed by atoms with Crippen LogP contribution in [0.4, 0.5) is 0 Å². The Bertz CT molecular complexity index is 1110. The van der Waals surface area contributed by atoms with Crippen LogP contribution in [-0.4, -0.2) is 71.6 Å². The molecule has 0 radical (unpaired) electrons. The standard InChI is InChI=1S/C27H30Cl2N2O6/c28-20-9-7-18(8-10-20)25-26(19-4-3-5-21(29)16-19)37-22(17-23(32)30-12-14-36-15-13-30)27(35)31(25)11-2-1-6-24(33)34/h3-5,7-10,16,22,25-26H,1-2,6,11-15,17H2,(H,33,34)/t22-,25+,26-/m0/s1. The lowest BCUT2D eigenvalue weighted by Crippen LogP contribution is -2.53. The predicted molar refractivity (Wildman–Crippen MR) is 138 cm³/mol. The van der Waals surface area contributed by atoms with Gasteiger partial charge in [0.1, 0.15) is 12.2 Å². The van der Waals surface area contributed by atoms with Crippen molar-refractivity contribution < 1.29 is 29.0 Å². The summed E-state index contributed by atoms with van der Waals surface area (Å²) in [6.07, 6.45) is -0.738. The van der Waals surface area contributed by atoms with E-state index in [4.69, 9.17) is 37.8 Å². The Morgan fingerprint density at radius 3 is 2.38 bits per heavy atom. The summed E-state index contributed by atoms with van der Waals surface area (Å²) in [6.45, 7) is 2.20. The van der Waals surface area contributed by atoms with Crippen molar-refractivity contribution in [2.45, 2.75) is 43.9 Å². The minimum absolute atomic E-state index is 0.0147. The third kappa shape index (κ3) is 7.02. The fourth-order valence-electron chi connectivity index (χ4n) is 4.80. The molecule has 37 heavy (non-hydrogen) atoms. The van der Waals surface area contributed by atoms with Gasteiger partial charge in [-0.15, -0.1) is 0 Å². The second-order valence-corrected chi connectivity index (χ2v) is 10.0. The van der Waals surface area contributed by atoms with Crippen molar-refractivity contribution >= 4 is 41.0 Å². The number of ether oxygens (including phenoxy) is 2. The molecule has 0 unspecified atom stereocenters. The average molecular weight is 549 g/mol. The Labute approximate surface area is 226 Å². The van der Waals surface area contributed by atoms with Gasteiger partial charge < -0.3 is 24.4 Å². The van der Waals surface area contributed by atoms with E-state index in [0.717, 1.165) is 11.1 Å². The predicted octanol–water partition coefficient (Wildman–Crippen LogP) is 4.51. The molecular formula is C27H30Cl2N2O6. The van der Waals surface area contributed by atoms with Crippen LogP contribution in [0.2, 0.25) is 10.0 Å². The van der Waals surface area contributed by atoms with E-state index in [0.29, 0.717) is 55.7 Å². The van der Waals surface area contributed by atoms with Crippen LogP contribution in [0, 0.1) is 0 Å². The number of carbonyl (C=O) groups is 3. The van der Waals surface area contributed by atoms with Crippen molar-refractivity contribution in [3.8, 4) is 0 Å². The maximum Gasteiger partial charge on any atom is 0.303 e. The molecule has 0 aliphatic carbocycles. The van der Waals surface area contributed by atoms with Crippen LogP contribution < -0.4 is 0 Å². The van der Waals surface area contributed by atoms with Crippen molar-refractivity contribution in [1.82, 2.24) is 9.80 Å². The Hall–Kier alpha value is -2.65. The highest BCUT2D eigenvalue weighted by Crippen LogP contribution is 2.43. The summed E-state index contributed by atoms with van der Waals surface area (Å²) in [5, 5.41) is 10.2. The Balaban J connectivity index is 1.67. The van der Waals surface area contributed by atoms with Gasteiger partial charge >= 0.3 is 5.97 Å². The van der Waals surface area contributed by atoms with Crippen molar-refractivity contribution in [1.29, 1.82) is 0 Å². The minimum atomic E-state index is -0.984. The molecule has 2 aromatic carbocycles. The molecule has 1 N–H and O–H groups in total. The normalized spacial score (nSPS) is 22.2. The molecule has 2 fully saturated rings. The molecule has 0 aromatic heterocycles. The third-order valence-corrected chi connectivity index (χ3v) is 7.13. The molecule has 2 aliphatic heterocycles. The second-order valence-electron chi connectivity index (χ2n) is 9.18. The number of morpholine rings is 2. The largest absolute Gasteiger partial charge is 0.481 e. The van der Waals surface area contributed by atoms with Gasteiger partial charge in [0.25, 0.3) is 5.91 Å². The van der Waals surface area contributed by atoms with Crippen molar-refractivity contribution in [3.05, 3.63) is 69.7 Å². The van der Waals surface area contributed by atoms with Crippen molar-refractivity contribution in [3.63, 3.8) is 0 Å². The molecular weight excluding hydrogens is 519 g/mol. The minimum Gasteiger partial charge on any atom is -0.481 e. The summed E-state index contributed by atoms with van der Waals surface area (Å²) in [6, 6.07) is 14.0. The number of aliphatic carboxylic acids is 1. The van der Waals surface area contributed by atoms with Gasteiger partial charge in [-0.1, -0.05) is 47.5 Å². The number of hydrogen-bond acceptors (Lipinski definition) is 5. The second kappa shape index (κ2) is 12.7. The first-order valence-corrected chi connectivity index (χ1v) is 13.1. The van der Waals surface area contributed by atoms with E-state index in [1.807, 2.05) is 24.3 Å². The topological polar surface area (TPSA) is 96.4 Å².